The van der Waals surface area contributed by atoms with Gasteiger partial charge in [0.2, 0.25) is 5.91 Å². The van der Waals surface area contributed by atoms with Crippen molar-refractivity contribution in [2.75, 3.05) is 26.7 Å². The van der Waals surface area contributed by atoms with E-state index in [1.165, 1.54) is 0 Å². The van der Waals surface area contributed by atoms with E-state index in [0.717, 1.165) is 12.1 Å². The number of carboxylic acids is 1. The molecule has 0 saturated heterocycles. The van der Waals surface area contributed by atoms with E-state index < -0.39 is 5.97 Å². The van der Waals surface area contributed by atoms with Gasteiger partial charge in [0.1, 0.15) is 0 Å². The van der Waals surface area contributed by atoms with Crippen molar-refractivity contribution >= 4 is 11.9 Å². The molecule has 5 nitrogen and oxygen atoms in total. The Bertz CT molecular complexity index is 460. The third-order valence-corrected chi connectivity index (χ3v) is 3.11. The molecule has 0 aliphatic rings. The van der Waals surface area contributed by atoms with E-state index in [-0.39, 0.29) is 5.91 Å². The van der Waals surface area contributed by atoms with Crippen LogP contribution in [0.1, 0.15) is 29.3 Å². The first-order chi connectivity index (χ1) is 9.54. The van der Waals surface area contributed by atoms with Gasteiger partial charge in [0, 0.05) is 26.1 Å². The van der Waals surface area contributed by atoms with E-state index >= 15 is 0 Å². The number of rotatable bonds is 8. The summed E-state index contributed by atoms with van der Waals surface area (Å²) in [6.07, 6.45) is 1.12. The van der Waals surface area contributed by atoms with Gasteiger partial charge in [-0.2, -0.15) is 0 Å². The van der Waals surface area contributed by atoms with Gasteiger partial charge in [0.05, 0.1) is 5.56 Å². The van der Waals surface area contributed by atoms with Gasteiger partial charge in [-0.05, 0) is 32.0 Å². The number of carboxylic acid groups (broad SMARTS) is 1. The van der Waals surface area contributed by atoms with Crippen molar-refractivity contribution in [1.29, 1.82) is 0 Å². The van der Waals surface area contributed by atoms with Crippen LogP contribution in [-0.2, 0) is 11.2 Å². The quantitative estimate of drug-likeness (QED) is 0.754. The molecule has 0 bridgehead atoms. The minimum atomic E-state index is -0.898. The molecule has 1 rings (SSSR count). The van der Waals surface area contributed by atoms with Crippen molar-refractivity contribution in [2.45, 2.75) is 19.8 Å². The predicted octanol–water partition coefficient (Wildman–Crippen LogP) is 1.39. The molecule has 5 heteroatoms. The number of carbonyl (C=O) groups excluding carboxylic acids is 1. The molecular weight excluding hydrogens is 256 g/mol. The molecule has 2 N–H and O–H groups in total. The molecule has 20 heavy (non-hydrogen) atoms. The molecule has 0 saturated carbocycles. The second-order valence-electron chi connectivity index (χ2n) is 4.72. The molecule has 0 aliphatic heterocycles. The van der Waals surface area contributed by atoms with Crippen molar-refractivity contribution in [2.24, 2.45) is 0 Å². The number of amides is 1. The summed E-state index contributed by atoms with van der Waals surface area (Å²) in [4.78, 5) is 24.5. The highest BCUT2D eigenvalue weighted by atomic mass is 16.4. The lowest BCUT2D eigenvalue weighted by Gasteiger charge is -2.16. The first-order valence-corrected chi connectivity index (χ1v) is 6.81. The van der Waals surface area contributed by atoms with E-state index in [1.807, 2.05) is 31.0 Å². The van der Waals surface area contributed by atoms with E-state index in [0.29, 0.717) is 31.5 Å². The monoisotopic (exact) mass is 278 g/mol. The number of hydrogen-bond acceptors (Lipinski definition) is 3. The topological polar surface area (TPSA) is 69.6 Å². The number of hydrogen-bond donors (Lipinski definition) is 2. The number of likely N-dealkylation sites (N-methyl/N-ethyl adjacent to an activating group) is 1. The van der Waals surface area contributed by atoms with Crippen molar-refractivity contribution < 1.29 is 14.7 Å². The smallest absolute Gasteiger partial charge is 0.335 e. The van der Waals surface area contributed by atoms with Crippen LogP contribution in [0.5, 0.6) is 0 Å². The summed E-state index contributed by atoms with van der Waals surface area (Å²) in [6.45, 7) is 3.93. The SMILES string of the molecule is CCNC(=O)CCN(C)CCc1ccccc1C(=O)O. The van der Waals surface area contributed by atoms with Crippen LogP contribution in [0.3, 0.4) is 0 Å². The predicted molar refractivity (Wildman–Crippen MR) is 77.9 cm³/mol. The zero-order valence-corrected chi connectivity index (χ0v) is 12.1. The van der Waals surface area contributed by atoms with Gasteiger partial charge in [0.15, 0.2) is 0 Å². The van der Waals surface area contributed by atoms with Gasteiger partial charge in [-0.25, -0.2) is 4.79 Å². The van der Waals surface area contributed by atoms with Crippen LogP contribution >= 0.6 is 0 Å². The summed E-state index contributed by atoms with van der Waals surface area (Å²) in [7, 11) is 1.93. The maximum Gasteiger partial charge on any atom is 0.335 e. The third kappa shape index (κ3) is 5.40. The van der Waals surface area contributed by atoms with Crippen LogP contribution < -0.4 is 5.32 Å². The number of nitrogens with one attached hydrogen (secondary N) is 1. The molecule has 0 aliphatic carbocycles. The zero-order valence-electron chi connectivity index (χ0n) is 12.1. The number of nitrogens with zero attached hydrogens (tertiary/aromatic N) is 1. The Hall–Kier alpha value is -1.88. The second-order valence-corrected chi connectivity index (χ2v) is 4.72. The number of carbonyl (C=O) groups is 2. The summed E-state index contributed by atoms with van der Waals surface area (Å²) in [5.41, 5.74) is 1.18. The van der Waals surface area contributed by atoms with Crippen LogP contribution in [0.4, 0.5) is 0 Å². The maximum atomic E-state index is 11.3. The van der Waals surface area contributed by atoms with Crippen LogP contribution in [0, 0.1) is 0 Å². The summed E-state index contributed by atoms with van der Waals surface area (Å²) in [5.74, 6) is -0.851. The first-order valence-electron chi connectivity index (χ1n) is 6.81. The molecule has 0 heterocycles. The molecular formula is C15H22N2O3. The maximum absolute atomic E-state index is 11.3. The normalized spacial score (nSPS) is 10.6. The lowest BCUT2D eigenvalue weighted by molar-refractivity contribution is -0.121. The highest BCUT2D eigenvalue weighted by Gasteiger charge is 2.10. The molecule has 1 aromatic carbocycles. The third-order valence-electron chi connectivity index (χ3n) is 3.11. The molecule has 0 fully saturated rings. The van der Waals surface area contributed by atoms with Gasteiger partial charge < -0.3 is 15.3 Å². The Labute approximate surface area is 119 Å². The lowest BCUT2D eigenvalue weighted by Crippen LogP contribution is -2.29. The molecule has 0 aromatic heterocycles. The van der Waals surface area contributed by atoms with Gasteiger partial charge >= 0.3 is 5.97 Å². The fraction of sp³-hybridized carbons (Fsp3) is 0.467. The molecule has 0 atom stereocenters. The largest absolute Gasteiger partial charge is 0.478 e. The van der Waals surface area contributed by atoms with Crippen molar-refractivity contribution in [3.8, 4) is 0 Å². The highest BCUT2D eigenvalue weighted by molar-refractivity contribution is 5.89. The van der Waals surface area contributed by atoms with Crippen molar-refractivity contribution in [3.63, 3.8) is 0 Å². The first kappa shape index (κ1) is 16.2. The molecule has 0 radical (unpaired) electrons. The lowest BCUT2D eigenvalue weighted by atomic mass is 10.0. The summed E-state index contributed by atoms with van der Waals surface area (Å²) >= 11 is 0. The summed E-state index contributed by atoms with van der Waals surface area (Å²) < 4.78 is 0. The van der Waals surface area contributed by atoms with Gasteiger partial charge in [0.25, 0.3) is 0 Å². The minimum Gasteiger partial charge on any atom is -0.478 e. The van der Waals surface area contributed by atoms with Crippen molar-refractivity contribution in [3.05, 3.63) is 35.4 Å². The average molecular weight is 278 g/mol. The van der Waals surface area contributed by atoms with E-state index in [4.69, 9.17) is 5.11 Å². The molecule has 0 unspecified atom stereocenters. The fourth-order valence-corrected chi connectivity index (χ4v) is 1.95. The molecule has 1 amide bonds. The van der Waals surface area contributed by atoms with E-state index in [2.05, 4.69) is 5.32 Å². The van der Waals surface area contributed by atoms with Crippen LogP contribution in [0.15, 0.2) is 24.3 Å². The number of aromatic carboxylic acids is 1. The van der Waals surface area contributed by atoms with Crippen molar-refractivity contribution in [1.82, 2.24) is 10.2 Å². The fourth-order valence-electron chi connectivity index (χ4n) is 1.95. The molecule has 110 valence electrons. The Morgan fingerprint density at radius 1 is 1.25 bits per heavy atom. The number of benzene rings is 1. The van der Waals surface area contributed by atoms with Gasteiger partial charge in [-0.15, -0.1) is 0 Å². The van der Waals surface area contributed by atoms with E-state index in [9.17, 15) is 9.59 Å². The average Bonchev–Trinajstić information content (AvgIpc) is 2.43. The molecule has 1 aromatic rings. The Morgan fingerprint density at radius 2 is 1.95 bits per heavy atom. The van der Waals surface area contributed by atoms with E-state index in [1.54, 1.807) is 12.1 Å². The summed E-state index contributed by atoms with van der Waals surface area (Å²) in [6, 6.07) is 7.02. The van der Waals surface area contributed by atoms with Crippen LogP contribution in [0.2, 0.25) is 0 Å². The minimum absolute atomic E-state index is 0.0466. The molecule has 0 spiro atoms. The Kier molecular flexibility index (Phi) is 6.73. The second kappa shape index (κ2) is 8.32. The van der Waals surface area contributed by atoms with Gasteiger partial charge in [-0.1, -0.05) is 18.2 Å². The highest BCUT2D eigenvalue weighted by Crippen LogP contribution is 2.10. The van der Waals surface area contributed by atoms with Gasteiger partial charge in [-0.3, -0.25) is 4.79 Å². The summed E-state index contributed by atoms with van der Waals surface area (Å²) in [5, 5.41) is 11.9. The van der Waals surface area contributed by atoms with Crippen LogP contribution in [0.25, 0.3) is 0 Å². The zero-order chi connectivity index (χ0) is 15.0. The standard InChI is InChI=1S/C15H22N2O3/c1-3-16-14(18)9-11-17(2)10-8-12-6-4-5-7-13(12)15(19)20/h4-7H,3,8-11H2,1-2H3,(H,16,18)(H,19,20). The Balaban J connectivity index is 2.43. The van der Waals surface area contributed by atoms with Crippen LogP contribution in [-0.4, -0.2) is 48.6 Å². The Morgan fingerprint density at radius 3 is 2.60 bits per heavy atom.